The highest BCUT2D eigenvalue weighted by atomic mass is 35.5. The summed E-state index contributed by atoms with van der Waals surface area (Å²) in [5.41, 5.74) is 2.57. The number of nitrogens with one attached hydrogen (secondary N) is 2. The summed E-state index contributed by atoms with van der Waals surface area (Å²) in [6, 6.07) is 11.3. The van der Waals surface area contributed by atoms with Crippen molar-refractivity contribution in [3.63, 3.8) is 0 Å². The van der Waals surface area contributed by atoms with Crippen molar-refractivity contribution in [2.75, 3.05) is 23.8 Å². The number of thioether (sulfide) groups is 1. The molecule has 0 saturated carbocycles. The largest absolute Gasteiger partial charge is 0.489 e. The number of anilines is 3. The predicted molar refractivity (Wildman–Crippen MR) is 121 cm³/mol. The van der Waals surface area contributed by atoms with Gasteiger partial charge in [0.2, 0.25) is 11.0 Å². The number of amides is 1. The van der Waals surface area contributed by atoms with Crippen molar-refractivity contribution >= 4 is 57.1 Å². The van der Waals surface area contributed by atoms with Gasteiger partial charge in [-0.1, -0.05) is 40.8 Å². The third kappa shape index (κ3) is 5.35. The number of rotatable bonds is 6. The Balaban J connectivity index is 1.39. The van der Waals surface area contributed by atoms with Crippen LogP contribution in [0.5, 0.6) is 11.5 Å². The fourth-order valence-electron chi connectivity index (χ4n) is 2.83. The Morgan fingerprint density at radius 3 is 2.90 bits per heavy atom. The number of fused-ring (bicyclic) bond motifs is 1. The second-order valence-corrected chi connectivity index (χ2v) is 9.11. The molecule has 30 heavy (non-hydrogen) atoms. The molecule has 2 aromatic carbocycles. The van der Waals surface area contributed by atoms with E-state index in [0.717, 1.165) is 27.7 Å². The highest BCUT2D eigenvalue weighted by molar-refractivity contribution is 8.00. The number of carbonyl (C=O) groups is 1. The second kappa shape index (κ2) is 9.55. The van der Waals surface area contributed by atoms with Crippen molar-refractivity contribution in [2.45, 2.75) is 23.4 Å². The molecule has 1 aliphatic rings. The molecular formula is C20H19ClN4O3S2. The van der Waals surface area contributed by atoms with Crippen LogP contribution in [0.3, 0.4) is 0 Å². The Labute approximate surface area is 187 Å². The molecule has 1 aliphatic heterocycles. The van der Waals surface area contributed by atoms with Crippen molar-refractivity contribution in [1.82, 2.24) is 10.2 Å². The average molecular weight is 463 g/mol. The van der Waals surface area contributed by atoms with E-state index < -0.39 is 0 Å². The van der Waals surface area contributed by atoms with Crippen molar-refractivity contribution in [3.8, 4) is 11.5 Å². The van der Waals surface area contributed by atoms with E-state index in [1.54, 1.807) is 11.8 Å². The Morgan fingerprint density at radius 2 is 2.03 bits per heavy atom. The summed E-state index contributed by atoms with van der Waals surface area (Å²) in [6.45, 7) is 2.70. The molecule has 2 N–H and O–H groups in total. The van der Waals surface area contributed by atoms with Crippen LogP contribution in [0.1, 0.15) is 18.9 Å². The number of hydrogen-bond donors (Lipinski definition) is 2. The normalized spacial score (nSPS) is 12.9. The molecule has 7 nitrogen and oxygen atoms in total. The number of hydrogen-bond acceptors (Lipinski definition) is 8. The molecule has 1 amide bonds. The van der Waals surface area contributed by atoms with E-state index in [0.29, 0.717) is 40.6 Å². The molecular weight excluding hydrogens is 444 g/mol. The molecule has 0 unspecified atom stereocenters. The second-order valence-electron chi connectivity index (χ2n) is 6.50. The lowest BCUT2D eigenvalue weighted by atomic mass is 10.2. The average Bonchev–Trinajstić information content (AvgIpc) is 3.00. The first kappa shape index (κ1) is 20.8. The number of carbonyl (C=O) groups excluding carboxylic acids is 1. The van der Waals surface area contributed by atoms with Crippen LogP contribution in [0.4, 0.5) is 16.5 Å². The van der Waals surface area contributed by atoms with Gasteiger partial charge in [-0.25, -0.2) is 0 Å². The SMILES string of the molecule is CC(=O)Nc1cccc(Nc2nnc(SCc3cc(Cl)c4c(c3)OCCCO4)s2)c1. The fourth-order valence-corrected chi connectivity index (χ4v) is 4.82. The molecule has 10 heteroatoms. The van der Waals surface area contributed by atoms with Crippen LogP contribution >= 0.6 is 34.7 Å². The Hall–Kier alpha value is -2.49. The van der Waals surface area contributed by atoms with E-state index in [-0.39, 0.29) is 5.91 Å². The molecule has 156 valence electrons. The maximum Gasteiger partial charge on any atom is 0.221 e. The maximum absolute atomic E-state index is 11.2. The van der Waals surface area contributed by atoms with Gasteiger partial charge in [-0.05, 0) is 35.9 Å². The zero-order valence-corrected chi connectivity index (χ0v) is 18.5. The molecule has 1 aromatic heterocycles. The highest BCUT2D eigenvalue weighted by Gasteiger charge is 2.16. The third-order valence-corrected chi connectivity index (χ3v) is 6.39. The molecule has 0 bridgehead atoms. The predicted octanol–water partition coefficient (Wildman–Crippen LogP) is 5.35. The van der Waals surface area contributed by atoms with Gasteiger partial charge in [-0.3, -0.25) is 4.79 Å². The minimum Gasteiger partial charge on any atom is -0.489 e. The molecule has 4 rings (SSSR count). The lowest BCUT2D eigenvalue weighted by molar-refractivity contribution is -0.114. The van der Waals surface area contributed by atoms with Crippen LogP contribution < -0.4 is 20.1 Å². The van der Waals surface area contributed by atoms with Crippen molar-refractivity contribution in [1.29, 1.82) is 0 Å². The molecule has 0 atom stereocenters. The summed E-state index contributed by atoms with van der Waals surface area (Å²) in [7, 11) is 0. The van der Waals surface area contributed by atoms with Gasteiger partial charge < -0.3 is 20.1 Å². The van der Waals surface area contributed by atoms with Crippen LogP contribution in [0.15, 0.2) is 40.7 Å². The van der Waals surface area contributed by atoms with Crippen LogP contribution in [0.2, 0.25) is 5.02 Å². The molecule has 0 spiro atoms. The standard InChI is InChI=1S/C20H19ClN4O3S2/c1-12(26)22-14-4-2-5-15(10-14)23-19-24-25-20(30-19)29-11-13-8-16(21)18-17(9-13)27-6-3-7-28-18/h2,4-5,8-10H,3,6-7,11H2,1H3,(H,22,26)(H,23,24). The third-order valence-electron chi connectivity index (χ3n) is 4.06. The lowest BCUT2D eigenvalue weighted by Gasteiger charge is -2.11. The van der Waals surface area contributed by atoms with E-state index >= 15 is 0 Å². The topological polar surface area (TPSA) is 85.4 Å². The van der Waals surface area contributed by atoms with E-state index in [9.17, 15) is 4.79 Å². The smallest absolute Gasteiger partial charge is 0.221 e. The van der Waals surface area contributed by atoms with Crippen LogP contribution in [-0.2, 0) is 10.5 Å². The fraction of sp³-hybridized carbons (Fsp3) is 0.250. The number of ether oxygens (including phenoxy) is 2. The molecule has 0 radical (unpaired) electrons. The quantitative estimate of drug-likeness (QED) is 0.477. The zero-order chi connectivity index (χ0) is 20.9. The van der Waals surface area contributed by atoms with E-state index in [2.05, 4.69) is 20.8 Å². The van der Waals surface area contributed by atoms with Crippen molar-refractivity contribution < 1.29 is 14.3 Å². The van der Waals surface area contributed by atoms with E-state index in [1.165, 1.54) is 18.3 Å². The molecule has 0 saturated heterocycles. The van der Waals surface area contributed by atoms with Gasteiger partial charge in [0, 0.05) is 30.5 Å². The number of nitrogens with zero attached hydrogens (tertiary/aromatic N) is 2. The summed E-state index contributed by atoms with van der Waals surface area (Å²) < 4.78 is 12.2. The number of halogens is 1. The van der Waals surface area contributed by atoms with Gasteiger partial charge in [0.1, 0.15) is 0 Å². The first-order chi connectivity index (χ1) is 14.6. The summed E-state index contributed by atoms with van der Waals surface area (Å²) >= 11 is 9.39. The zero-order valence-electron chi connectivity index (χ0n) is 16.1. The Morgan fingerprint density at radius 1 is 1.20 bits per heavy atom. The number of aromatic nitrogens is 2. The highest BCUT2D eigenvalue weighted by Crippen LogP contribution is 2.39. The van der Waals surface area contributed by atoms with Crippen molar-refractivity contribution in [2.24, 2.45) is 0 Å². The minimum absolute atomic E-state index is 0.114. The van der Waals surface area contributed by atoms with Crippen LogP contribution in [-0.4, -0.2) is 29.3 Å². The summed E-state index contributed by atoms with van der Waals surface area (Å²) in [5.74, 6) is 1.88. The molecule has 0 aliphatic carbocycles. The van der Waals surface area contributed by atoms with Crippen molar-refractivity contribution in [3.05, 3.63) is 47.0 Å². The monoisotopic (exact) mass is 462 g/mol. The van der Waals surface area contributed by atoms with Gasteiger partial charge in [-0.2, -0.15) is 0 Å². The van der Waals surface area contributed by atoms with E-state index in [1.807, 2.05) is 36.4 Å². The van der Waals surface area contributed by atoms with Gasteiger partial charge in [0.25, 0.3) is 0 Å². The minimum atomic E-state index is -0.114. The Bertz CT molecular complexity index is 1060. The lowest BCUT2D eigenvalue weighted by Crippen LogP contribution is -2.05. The van der Waals surface area contributed by atoms with Gasteiger partial charge in [-0.15, -0.1) is 10.2 Å². The van der Waals surface area contributed by atoms with Gasteiger partial charge in [0.05, 0.1) is 18.2 Å². The first-order valence-electron chi connectivity index (χ1n) is 9.26. The molecule has 2 heterocycles. The van der Waals surface area contributed by atoms with Gasteiger partial charge >= 0.3 is 0 Å². The maximum atomic E-state index is 11.2. The summed E-state index contributed by atoms with van der Waals surface area (Å²) in [4.78, 5) is 11.2. The first-order valence-corrected chi connectivity index (χ1v) is 11.4. The van der Waals surface area contributed by atoms with E-state index in [4.69, 9.17) is 21.1 Å². The van der Waals surface area contributed by atoms with Gasteiger partial charge in [0.15, 0.2) is 15.8 Å². The molecule has 0 fully saturated rings. The van der Waals surface area contributed by atoms with Crippen LogP contribution in [0.25, 0.3) is 0 Å². The summed E-state index contributed by atoms with van der Waals surface area (Å²) in [5, 5.41) is 15.6. The van der Waals surface area contributed by atoms with Crippen LogP contribution in [0, 0.1) is 0 Å². The number of benzene rings is 2. The molecule has 3 aromatic rings. The summed E-state index contributed by atoms with van der Waals surface area (Å²) in [6.07, 6.45) is 0.837. The Kier molecular flexibility index (Phi) is 6.61.